The van der Waals surface area contributed by atoms with E-state index in [0.717, 1.165) is 23.4 Å². The van der Waals surface area contributed by atoms with Crippen molar-refractivity contribution in [2.45, 2.75) is 27.2 Å². The SMILES string of the molecule is C/C(=N\NC(=O)c1ccc(OCCC(C)C)cc1)c1ccccc1. The molecule has 0 spiro atoms. The maximum atomic E-state index is 12.1. The van der Waals surface area contributed by atoms with Crippen molar-refractivity contribution in [3.63, 3.8) is 0 Å². The summed E-state index contributed by atoms with van der Waals surface area (Å²) >= 11 is 0. The van der Waals surface area contributed by atoms with Crippen molar-refractivity contribution in [3.8, 4) is 5.75 Å². The van der Waals surface area contributed by atoms with Crippen LogP contribution in [0.15, 0.2) is 59.7 Å². The van der Waals surface area contributed by atoms with Gasteiger partial charge in [0.1, 0.15) is 5.75 Å². The van der Waals surface area contributed by atoms with Crippen molar-refractivity contribution in [1.29, 1.82) is 0 Å². The second kappa shape index (κ2) is 8.87. The maximum Gasteiger partial charge on any atom is 0.271 e. The highest BCUT2D eigenvalue weighted by molar-refractivity contribution is 6.00. The molecule has 0 radical (unpaired) electrons. The molecule has 1 N–H and O–H groups in total. The highest BCUT2D eigenvalue weighted by atomic mass is 16.5. The minimum Gasteiger partial charge on any atom is -0.494 e. The lowest BCUT2D eigenvalue weighted by molar-refractivity contribution is 0.0955. The second-order valence-corrected chi connectivity index (χ2v) is 6.06. The lowest BCUT2D eigenvalue weighted by Crippen LogP contribution is -2.19. The molecule has 0 heterocycles. The van der Waals surface area contributed by atoms with E-state index in [1.807, 2.05) is 49.4 Å². The van der Waals surface area contributed by atoms with Gasteiger partial charge < -0.3 is 4.74 Å². The molecule has 0 saturated carbocycles. The zero-order valence-corrected chi connectivity index (χ0v) is 14.5. The smallest absolute Gasteiger partial charge is 0.271 e. The molecule has 2 aromatic carbocycles. The molecule has 0 atom stereocenters. The molecule has 0 fully saturated rings. The van der Waals surface area contributed by atoms with Gasteiger partial charge in [0, 0.05) is 5.56 Å². The summed E-state index contributed by atoms with van der Waals surface area (Å²) in [6.07, 6.45) is 1.01. The Kier molecular flexibility index (Phi) is 6.55. The zero-order valence-electron chi connectivity index (χ0n) is 14.5. The molecule has 0 saturated heterocycles. The second-order valence-electron chi connectivity index (χ2n) is 6.06. The van der Waals surface area contributed by atoms with Gasteiger partial charge in [-0.2, -0.15) is 5.10 Å². The van der Waals surface area contributed by atoms with Gasteiger partial charge in [0.05, 0.1) is 12.3 Å². The van der Waals surface area contributed by atoms with Crippen LogP contribution < -0.4 is 10.2 Å². The van der Waals surface area contributed by atoms with E-state index in [-0.39, 0.29) is 5.91 Å². The van der Waals surface area contributed by atoms with Crippen LogP contribution >= 0.6 is 0 Å². The van der Waals surface area contributed by atoms with E-state index in [1.165, 1.54) is 0 Å². The van der Waals surface area contributed by atoms with Gasteiger partial charge in [0.25, 0.3) is 5.91 Å². The first-order valence-electron chi connectivity index (χ1n) is 8.19. The Labute approximate surface area is 143 Å². The molecule has 0 bridgehead atoms. The van der Waals surface area contributed by atoms with Gasteiger partial charge in [0.15, 0.2) is 0 Å². The van der Waals surface area contributed by atoms with Crippen LogP contribution in [0.5, 0.6) is 5.75 Å². The lowest BCUT2D eigenvalue weighted by Gasteiger charge is -2.08. The number of hydrogen-bond acceptors (Lipinski definition) is 3. The number of nitrogens with one attached hydrogen (secondary N) is 1. The standard InChI is InChI=1S/C20H24N2O2/c1-15(2)13-14-24-19-11-9-18(10-12-19)20(23)22-21-16(3)17-7-5-4-6-8-17/h4-12,15H,13-14H2,1-3H3,(H,22,23)/b21-16+. The number of hydrogen-bond donors (Lipinski definition) is 1. The molecule has 0 aliphatic carbocycles. The third kappa shape index (κ3) is 5.54. The average Bonchev–Trinajstić information content (AvgIpc) is 2.60. The van der Waals surface area contributed by atoms with E-state index in [4.69, 9.17) is 4.74 Å². The van der Waals surface area contributed by atoms with Crippen molar-refractivity contribution in [3.05, 3.63) is 65.7 Å². The topological polar surface area (TPSA) is 50.7 Å². The Bertz CT molecular complexity index is 677. The van der Waals surface area contributed by atoms with Crippen molar-refractivity contribution >= 4 is 11.6 Å². The highest BCUT2D eigenvalue weighted by Crippen LogP contribution is 2.13. The number of benzene rings is 2. The Morgan fingerprint density at radius 1 is 1.04 bits per heavy atom. The number of carbonyl (C=O) groups excluding carboxylic acids is 1. The normalized spacial score (nSPS) is 11.4. The molecule has 126 valence electrons. The molecule has 0 aromatic heterocycles. The summed E-state index contributed by atoms with van der Waals surface area (Å²) in [5, 5.41) is 4.15. The van der Waals surface area contributed by atoms with Crippen LogP contribution in [0.2, 0.25) is 0 Å². The number of carbonyl (C=O) groups is 1. The first-order chi connectivity index (χ1) is 11.6. The van der Waals surface area contributed by atoms with Crippen LogP contribution in [0.4, 0.5) is 0 Å². The van der Waals surface area contributed by atoms with Crippen LogP contribution in [0, 0.1) is 5.92 Å². The fourth-order valence-corrected chi connectivity index (χ4v) is 2.06. The number of hydrazone groups is 1. The van der Waals surface area contributed by atoms with E-state index in [1.54, 1.807) is 12.1 Å². The summed E-state index contributed by atoms with van der Waals surface area (Å²) in [5.41, 5.74) is 4.87. The van der Waals surface area contributed by atoms with Gasteiger partial charge in [-0.15, -0.1) is 0 Å². The summed E-state index contributed by atoms with van der Waals surface area (Å²) in [6.45, 7) is 6.87. The van der Waals surface area contributed by atoms with E-state index in [9.17, 15) is 4.79 Å². The third-order valence-corrected chi connectivity index (χ3v) is 3.60. The van der Waals surface area contributed by atoms with E-state index < -0.39 is 0 Å². The summed E-state index contributed by atoms with van der Waals surface area (Å²) in [5.74, 6) is 1.15. The van der Waals surface area contributed by atoms with Gasteiger partial charge in [-0.3, -0.25) is 4.79 Å². The van der Waals surface area contributed by atoms with E-state index in [0.29, 0.717) is 18.1 Å². The fraction of sp³-hybridized carbons (Fsp3) is 0.300. The Morgan fingerprint density at radius 2 is 1.71 bits per heavy atom. The predicted molar refractivity (Wildman–Crippen MR) is 97.5 cm³/mol. The first-order valence-corrected chi connectivity index (χ1v) is 8.19. The minimum atomic E-state index is -0.237. The van der Waals surface area contributed by atoms with Crippen LogP contribution in [-0.2, 0) is 0 Å². The van der Waals surface area contributed by atoms with Crippen LogP contribution in [0.1, 0.15) is 43.1 Å². The molecule has 24 heavy (non-hydrogen) atoms. The van der Waals surface area contributed by atoms with Crippen molar-refractivity contribution in [2.75, 3.05) is 6.61 Å². The molecule has 4 nitrogen and oxygen atoms in total. The minimum absolute atomic E-state index is 0.237. The summed E-state index contributed by atoms with van der Waals surface area (Å²) in [7, 11) is 0. The largest absolute Gasteiger partial charge is 0.494 e. The zero-order chi connectivity index (χ0) is 17.4. The van der Waals surface area contributed by atoms with E-state index >= 15 is 0 Å². The molecule has 2 rings (SSSR count). The van der Waals surface area contributed by atoms with Gasteiger partial charge in [-0.25, -0.2) is 5.43 Å². The predicted octanol–water partition coefficient (Wildman–Crippen LogP) is 4.27. The molecule has 0 unspecified atom stereocenters. The van der Waals surface area contributed by atoms with Crippen molar-refractivity contribution in [1.82, 2.24) is 5.43 Å². The molecule has 1 amide bonds. The summed E-state index contributed by atoms with van der Waals surface area (Å²) < 4.78 is 5.65. The first kappa shape index (κ1) is 17.7. The molecular formula is C20H24N2O2. The van der Waals surface area contributed by atoms with Crippen LogP contribution in [-0.4, -0.2) is 18.2 Å². The fourth-order valence-electron chi connectivity index (χ4n) is 2.06. The quantitative estimate of drug-likeness (QED) is 0.611. The van der Waals surface area contributed by atoms with Gasteiger partial charge >= 0.3 is 0 Å². The Hall–Kier alpha value is -2.62. The molecule has 2 aromatic rings. The van der Waals surface area contributed by atoms with Gasteiger partial charge in [-0.05, 0) is 49.1 Å². The van der Waals surface area contributed by atoms with Gasteiger partial charge in [-0.1, -0.05) is 44.2 Å². The average molecular weight is 324 g/mol. The molecule has 4 heteroatoms. The third-order valence-electron chi connectivity index (χ3n) is 3.60. The number of rotatable bonds is 7. The van der Waals surface area contributed by atoms with E-state index in [2.05, 4.69) is 24.4 Å². The van der Waals surface area contributed by atoms with Gasteiger partial charge in [0.2, 0.25) is 0 Å². The summed E-state index contributed by atoms with van der Waals surface area (Å²) in [6, 6.07) is 16.8. The van der Waals surface area contributed by atoms with Crippen molar-refractivity contribution in [2.24, 2.45) is 11.0 Å². The molecular weight excluding hydrogens is 300 g/mol. The molecule has 0 aliphatic rings. The Balaban J connectivity index is 1.90. The summed E-state index contributed by atoms with van der Waals surface area (Å²) in [4.78, 5) is 12.1. The number of amides is 1. The van der Waals surface area contributed by atoms with Crippen LogP contribution in [0.3, 0.4) is 0 Å². The lowest BCUT2D eigenvalue weighted by atomic mass is 10.1. The highest BCUT2D eigenvalue weighted by Gasteiger charge is 2.05. The van der Waals surface area contributed by atoms with Crippen molar-refractivity contribution < 1.29 is 9.53 Å². The van der Waals surface area contributed by atoms with Crippen LogP contribution in [0.25, 0.3) is 0 Å². The Morgan fingerprint density at radius 3 is 2.33 bits per heavy atom. The monoisotopic (exact) mass is 324 g/mol. The molecule has 0 aliphatic heterocycles. The number of ether oxygens (including phenoxy) is 1. The maximum absolute atomic E-state index is 12.1. The number of nitrogens with zero attached hydrogens (tertiary/aromatic N) is 1.